The van der Waals surface area contributed by atoms with Gasteiger partial charge in [-0.1, -0.05) is 24.9 Å². The molecule has 0 aromatic carbocycles. The number of hydrogen-bond donors (Lipinski definition) is 0. The lowest BCUT2D eigenvalue weighted by Gasteiger charge is -2.36. The van der Waals surface area contributed by atoms with Crippen LogP contribution in [-0.4, -0.2) is 48.1 Å². The van der Waals surface area contributed by atoms with Gasteiger partial charge in [-0.2, -0.15) is 4.98 Å². The van der Waals surface area contributed by atoms with Gasteiger partial charge in [-0.3, -0.25) is 4.90 Å². The fourth-order valence-corrected chi connectivity index (χ4v) is 4.42. The number of aryl methyl sites for hydroxylation is 1. The monoisotopic (exact) mass is 301 g/mol. The number of aromatic nitrogens is 2. The average molecular weight is 301 g/mol. The molecular formula is C13H23N3O3S. The highest BCUT2D eigenvalue weighted by molar-refractivity contribution is 7.91. The molecule has 0 amide bonds. The molecule has 1 heterocycles. The molecule has 0 saturated heterocycles. The molecule has 1 saturated carbocycles. The van der Waals surface area contributed by atoms with Crippen LogP contribution in [0.15, 0.2) is 4.52 Å². The van der Waals surface area contributed by atoms with E-state index >= 15 is 0 Å². The highest BCUT2D eigenvalue weighted by Gasteiger charge is 2.35. The molecule has 0 N–H and O–H groups in total. The molecule has 2 atom stereocenters. The molecule has 2 rings (SSSR count). The summed E-state index contributed by atoms with van der Waals surface area (Å²) in [5, 5.41) is 3.59. The third-order valence-corrected chi connectivity index (χ3v) is 5.64. The lowest BCUT2D eigenvalue weighted by Crippen LogP contribution is -2.46. The van der Waals surface area contributed by atoms with Crippen LogP contribution in [0.5, 0.6) is 0 Å². The van der Waals surface area contributed by atoms with E-state index in [0.717, 1.165) is 32.1 Å². The minimum absolute atomic E-state index is 0.0377. The van der Waals surface area contributed by atoms with E-state index in [2.05, 4.69) is 10.1 Å². The van der Waals surface area contributed by atoms with E-state index in [1.165, 1.54) is 6.26 Å². The van der Waals surface area contributed by atoms with E-state index in [1.54, 1.807) is 0 Å². The van der Waals surface area contributed by atoms with E-state index in [4.69, 9.17) is 4.52 Å². The molecule has 1 aliphatic carbocycles. The number of nitrogens with zero attached hydrogens (tertiary/aromatic N) is 3. The molecule has 0 bridgehead atoms. The summed E-state index contributed by atoms with van der Waals surface area (Å²) in [7, 11) is -1.09. The minimum atomic E-state index is -3.02. The number of hydrogen-bond acceptors (Lipinski definition) is 6. The summed E-state index contributed by atoms with van der Waals surface area (Å²) in [6.45, 7) is 2.48. The highest BCUT2D eigenvalue weighted by atomic mass is 32.2. The van der Waals surface area contributed by atoms with E-state index in [-0.39, 0.29) is 11.3 Å². The summed E-state index contributed by atoms with van der Waals surface area (Å²) >= 11 is 0. The zero-order valence-electron chi connectivity index (χ0n) is 12.4. The summed E-state index contributed by atoms with van der Waals surface area (Å²) < 4.78 is 29.0. The van der Waals surface area contributed by atoms with Crippen LogP contribution >= 0.6 is 0 Å². The first-order valence-corrected chi connectivity index (χ1v) is 9.08. The van der Waals surface area contributed by atoms with Gasteiger partial charge >= 0.3 is 0 Å². The molecule has 20 heavy (non-hydrogen) atoms. The Kier molecular flexibility index (Phi) is 4.80. The quantitative estimate of drug-likeness (QED) is 0.818. The fourth-order valence-electron chi connectivity index (χ4n) is 2.91. The van der Waals surface area contributed by atoms with E-state index < -0.39 is 9.84 Å². The summed E-state index contributed by atoms with van der Waals surface area (Å²) in [4.78, 5) is 6.32. The van der Waals surface area contributed by atoms with Crippen molar-refractivity contribution in [2.45, 2.75) is 56.9 Å². The van der Waals surface area contributed by atoms with Crippen molar-refractivity contribution in [1.82, 2.24) is 15.0 Å². The van der Waals surface area contributed by atoms with Crippen molar-refractivity contribution in [2.24, 2.45) is 0 Å². The highest BCUT2D eigenvalue weighted by Crippen LogP contribution is 2.28. The molecular weight excluding hydrogens is 278 g/mol. The smallest absolute Gasteiger partial charge is 0.240 e. The van der Waals surface area contributed by atoms with Crippen LogP contribution in [0.2, 0.25) is 0 Å². The molecule has 114 valence electrons. The van der Waals surface area contributed by atoms with Gasteiger partial charge in [0.1, 0.15) is 0 Å². The zero-order valence-corrected chi connectivity index (χ0v) is 13.2. The topological polar surface area (TPSA) is 76.3 Å². The fraction of sp³-hybridized carbons (Fsp3) is 0.846. The average Bonchev–Trinajstić information content (AvgIpc) is 2.85. The van der Waals surface area contributed by atoms with Crippen LogP contribution in [-0.2, 0) is 22.8 Å². The number of rotatable bonds is 5. The molecule has 0 unspecified atom stereocenters. The lowest BCUT2D eigenvalue weighted by molar-refractivity contribution is 0.167. The Labute approximate surface area is 120 Å². The van der Waals surface area contributed by atoms with Crippen LogP contribution in [0, 0.1) is 0 Å². The second kappa shape index (κ2) is 6.22. The van der Waals surface area contributed by atoms with Crippen LogP contribution < -0.4 is 0 Å². The summed E-state index contributed by atoms with van der Waals surface area (Å²) in [5.41, 5.74) is 0. The predicted molar refractivity (Wildman–Crippen MR) is 76.0 cm³/mol. The van der Waals surface area contributed by atoms with Gasteiger partial charge in [-0.05, 0) is 19.9 Å². The van der Waals surface area contributed by atoms with Crippen molar-refractivity contribution >= 4 is 9.84 Å². The van der Waals surface area contributed by atoms with E-state index in [0.29, 0.717) is 18.3 Å². The van der Waals surface area contributed by atoms with Gasteiger partial charge < -0.3 is 4.52 Å². The van der Waals surface area contributed by atoms with Crippen molar-refractivity contribution in [3.05, 3.63) is 11.7 Å². The predicted octanol–water partition coefficient (Wildman–Crippen LogP) is 1.42. The molecule has 0 radical (unpaired) electrons. The zero-order chi connectivity index (χ0) is 14.8. The Balaban J connectivity index is 2.07. The number of sulfone groups is 1. The molecule has 0 spiro atoms. The molecule has 0 aliphatic heterocycles. The normalized spacial score (nSPS) is 24.2. The van der Waals surface area contributed by atoms with Crippen LogP contribution in [0.1, 0.15) is 44.3 Å². The second-order valence-electron chi connectivity index (χ2n) is 5.59. The largest absolute Gasteiger partial charge is 0.338 e. The van der Waals surface area contributed by atoms with Gasteiger partial charge in [0.2, 0.25) is 5.89 Å². The van der Waals surface area contributed by atoms with E-state index in [9.17, 15) is 8.42 Å². The summed E-state index contributed by atoms with van der Waals surface area (Å²) in [5.74, 6) is 1.25. The third kappa shape index (κ3) is 3.58. The van der Waals surface area contributed by atoms with Crippen LogP contribution in [0.4, 0.5) is 0 Å². The van der Waals surface area contributed by atoms with Crippen molar-refractivity contribution in [2.75, 3.05) is 13.3 Å². The molecule has 1 fully saturated rings. The van der Waals surface area contributed by atoms with Gasteiger partial charge in [0.25, 0.3) is 0 Å². The van der Waals surface area contributed by atoms with Gasteiger partial charge in [-0.25, -0.2) is 8.42 Å². The first-order valence-electron chi connectivity index (χ1n) is 7.12. The summed E-state index contributed by atoms with van der Waals surface area (Å²) in [6.07, 6.45) is 5.79. The van der Waals surface area contributed by atoms with Crippen molar-refractivity contribution in [3.63, 3.8) is 0 Å². The second-order valence-corrected chi connectivity index (χ2v) is 7.86. The van der Waals surface area contributed by atoms with E-state index in [1.807, 2.05) is 18.9 Å². The Morgan fingerprint density at radius 2 is 2.05 bits per heavy atom. The first-order chi connectivity index (χ1) is 9.41. The SMILES string of the molecule is CCc1noc(CN(C)[C@H]2CCCC[C@@H]2S(C)(=O)=O)n1. The maximum Gasteiger partial charge on any atom is 0.240 e. The van der Waals surface area contributed by atoms with Gasteiger partial charge in [0.05, 0.1) is 11.8 Å². The Morgan fingerprint density at radius 1 is 1.35 bits per heavy atom. The van der Waals surface area contributed by atoms with Crippen molar-refractivity contribution in [3.8, 4) is 0 Å². The molecule has 7 heteroatoms. The minimum Gasteiger partial charge on any atom is -0.338 e. The standard InChI is InChI=1S/C13H23N3O3S/c1-4-12-14-13(19-15-12)9-16(2)10-7-5-6-8-11(10)20(3,17)18/h10-11H,4-9H2,1-3H3/t10-,11-/m0/s1. The Bertz CT molecular complexity index is 541. The third-order valence-electron chi connectivity index (χ3n) is 3.99. The lowest BCUT2D eigenvalue weighted by atomic mass is 9.94. The Hall–Kier alpha value is -0.950. The van der Waals surface area contributed by atoms with Crippen molar-refractivity contribution < 1.29 is 12.9 Å². The van der Waals surface area contributed by atoms with Crippen molar-refractivity contribution in [1.29, 1.82) is 0 Å². The molecule has 1 aromatic rings. The van der Waals surface area contributed by atoms with Gasteiger partial charge in [-0.15, -0.1) is 0 Å². The maximum absolute atomic E-state index is 11.9. The summed E-state index contributed by atoms with van der Waals surface area (Å²) in [6, 6.07) is 0.0377. The van der Waals surface area contributed by atoms with Crippen LogP contribution in [0.3, 0.4) is 0 Å². The molecule has 6 nitrogen and oxygen atoms in total. The first kappa shape index (κ1) is 15.4. The van der Waals surface area contributed by atoms with Gasteiger partial charge in [0, 0.05) is 18.7 Å². The Morgan fingerprint density at radius 3 is 2.65 bits per heavy atom. The molecule has 1 aromatic heterocycles. The van der Waals surface area contributed by atoms with Crippen LogP contribution in [0.25, 0.3) is 0 Å². The van der Waals surface area contributed by atoms with Gasteiger partial charge in [0.15, 0.2) is 15.7 Å². The molecule has 1 aliphatic rings. The maximum atomic E-state index is 11.9.